The maximum atomic E-state index is 4.73. The number of benzene rings is 2. The zero-order valence-electron chi connectivity index (χ0n) is 13.0. The van der Waals surface area contributed by atoms with E-state index < -0.39 is 0 Å². The van der Waals surface area contributed by atoms with E-state index in [1.165, 1.54) is 26.4 Å². The van der Waals surface area contributed by atoms with Crippen molar-refractivity contribution in [3.63, 3.8) is 0 Å². The first kappa shape index (κ1) is 15.7. The molecule has 1 N–H and O–H groups in total. The number of aryl methyl sites for hydroxylation is 2. The number of nitrogens with zero attached hydrogens (tertiary/aromatic N) is 1. The minimum absolute atomic E-state index is 0.0609. The third-order valence-corrected chi connectivity index (χ3v) is 9.56. The second kappa shape index (κ2) is 5.92. The van der Waals surface area contributed by atoms with Gasteiger partial charge in [0, 0.05) is 10.6 Å². The molecule has 1 aliphatic heterocycles. The van der Waals surface area contributed by atoms with Crippen molar-refractivity contribution in [1.29, 1.82) is 0 Å². The number of hydrogen-bond acceptors (Lipinski definition) is 6. The summed E-state index contributed by atoms with van der Waals surface area (Å²) in [4.78, 5) is 6.07. The number of anilines is 1. The fraction of sp³-hybridized carbons (Fsp3) is 0.235. The molecule has 2 heterocycles. The third-order valence-electron chi connectivity index (χ3n) is 3.60. The van der Waals surface area contributed by atoms with Crippen LogP contribution in [-0.2, 0) is 0 Å². The Kier molecular flexibility index (Phi) is 4.04. The summed E-state index contributed by atoms with van der Waals surface area (Å²) in [7, 11) is 3.60. The molecular formula is C17H16N2S4. The van der Waals surface area contributed by atoms with E-state index in [9.17, 15) is 0 Å². The summed E-state index contributed by atoms with van der Waals surface area (Å²) >= 11 is 3.66. The lowest BCUT2D eigenvalue weighted by Crippen LogP contribution is -2.20. The fourth-order valence-corrected chi connectivity index (χ4v) is 7.83. The lowest BCUT2D eigenvalue weighted by molar-refractivity contribution is 1.07. The van der Waals surface area contributed by atoms with Gasteiger partial charge in [0.05, 0.1) is 10.2 Å². The van der Waals surface area contributed by atoms with Gasteiger partial charge in [0.15, 0.2) is 4.34 Å². The molecule has 4 rings (SSSR count). The Balaban J connectivity index is 1.50. The summed E-state index contributed by atoms with van der Waals surface area (Å²) in [6.45, 7) is 6.50. The Morgan fingerprint density at radius 2 is 1.87 bits per heavy atom. The Morgan fingerprint density at radius 3 is 2.74 bits per heavy atom. The predicted octanol–water partition coefficient (Wildman–Crippen LogP) is 6.54. The highest BCUT2D eigenvalue weighted by Crippen LogP contribution is 2.56. The summed E-state index contributed by atoms with van der Waals surface area (Å²) in [5, 5.41) is 3.63. The van der Waals surface area contributed by atoms with Gasteiger partial charge in [-0.3, -0.25) is 0 Å². The van der Waals surface area contributed by atoms with Gasteiger partial charge >= 0.3 is 0 Å². The van der Waals surface area contributed by atoms with Crippen molar-refractivity contribution in [2.24, 2.45) is 0 Å². The van der Waals surface area contributed by atoms with Crippen LogP contribution in [0.15, 0.2) is 45.6 Å². The number of nitrogens with one attached hydrogen (secondary N) is 1. The van der Waals surface area contributed by atoms with Crippen LogP contribution in [0.2, 0.25) is 0 Å². The molecule has 0 spiro atoms. The normalized spacial score (nSPS) is 19.8. The average Bonchev–Trinajstić information content (AvgIpc) is 3.04. The Hall–Kier alpha value is -0.820. The van der Waals surface area contributed by atoms with Gasteiger partial charge in [-0.15, -0.1) is 11.3 Å². The molecule has 0 bridgehead atoms. The summed E-state index contributed by atoms with van der Waals surface area (Å²) in [5.74, 6) is 0. The molecule has 0 saturated carbocycles. The molecule has 1 unspecified atom stereocenters. The standard InChI is InChI=1S/C17H16N2S4/c1-10-4-6-12-14(8-10)20-16(18-12)22-23-17(3)19-13-7-5-11(2)9-15(13)21-17/h4-9,19H,1-3H3. The van der Waals surface area contributed by atoms with Crippen molar-refractivity contribution >= 4 is 60.6 Å². The maximum Gasteiger partial charge on any atom is 0.161 e. The monoisotopic (exact) mass is 376 g/mol. The summed E-state index contributed by atoms with van der Waals surface area (Å²) in [6, 6.07) is 13.0. The van der Waals surface area contributed by atoms with Crippen LogP contribution in [0.3, 0.4) is 0 Å². The van der Waals surface area contributed by atoms with E-state index in [2.05, 4.69) is 62.5 Å². The molecule has 1 aliphatic rings. The number of fused-ring (bicyclic) bond motifs is 2. The summed E-state index contributed by atoms with van der Waals surface area (Å²) in [6.07, 6.45) is 0. The maximum absolute atomic E-state index is 4.73. The van der Waals surface area contributed by atoms with E-state index in [1.54, 1.807) is 22.1 Å². The first-order chi connectivity index (χ1) is 11.0. The molecule has 0 amide bonds. The predicted molar refractivity (Wildman–Crippen MR) is 107 cm³/mol. The SMILES string of the molecule is Cc1ccc2c(c1)SC(C)(SSc1nc3ccc(C)cc3s1)N2. The van der Waals surface area contributed by atoms with Crippen molar-refractivity contribution in [3.8, 4) is 0 Å². The van der Waals surface area contributed by atoms with Crippen molar-refractivity contribution in [3.05, 3.63) is 47.5 Å². The highest BCUT2D eigenvalue weighted by atomic mass is 33.1. The lowest BCUT2D eigenvalue weighted by Gasteiger charge is -2.21. The third kappa shape index (κ3) is 3.22. The van der Waals surface area contributed by atoms with Gasteiger partial charge in [-0.25, -0.2) is 4.98 Å². The zero-order chi connectivity index (χ0) is 16.0. The van der Waals surface area contributed by atoms with Crippen LogP contribution < -0.4 is 5.32 Å². The molecule has 23 heavy (non-hydrogen) atoms. The summed E-state index contributed by atoms with van der Waals surface area (Å²) < 4.78 is 2.32. The Bertz CT molecular complexity index is 889. The van der Waals surface area contributed by atoms with Crippen LogP contribution in [-0.4, -0.2) is 9.19 Å². The van der Waals surface area contributed by atoms with Gasteiger partial charge in [-0.1, -0.05) is 23.9 Å². The van der Waals surface area contributed by atoms with E-state index in [0.29, 0.717) is 0 Å². The molecule has 3 aromatic rings. The molecule has 6 heteroatoms. The fourth-order valence-electron chi connectivity index (χ4n) is 2.50. The zero-order valence-corrected chi connectivity index (χ0v) is 16.3. The quantitative estimate of drug-likeness (QED) is 0.523. The molecule has 0 aliphatic carbocycles. The average molecular weight is 377 g/mol. The summed E-state index contributed by atoms with van der Waals surface area (Å²) in [5.41, 5.74) is 4.92. The van der Waals surface area contributed by atoms with Gasteiger partial charge in [0.1, 0.15) is 4.20 Å². The van der Waals surface area contributed by atoms with Crippen molar-refractivity contribution in [1.82, 2.24) is 4.98 Å². The molecule has 0 radical (unpaired) electrons. The van der Waals surface area contributed by atoms with Crippen LogP contribution >= 0.6 is 44.7 Å². The van der Waals surface area contributed by atoms with Crippen molar-refractivity contribution in [2.75, 3.05) is 5.32 Å². The molecule has 1 aromatic heterocycles. The largest absolute Gasteiger partial charge is 0.361 e. The molecule has 2 nitrogen and oxygen atoms in total. The second-order valence-electron chi connectivity index (χ2n) is 5.79. The van der Waals surface area contributed by atoms with Crippen LogP contribution in [0.1, 0.15) is 18.1 Å². The number of aromatic nitrogens is 1. The van der Waals surface area contributed by atoms with Gasteiger partial charge in [-0.2, -0.15) is 0 Å². The smallest absolute Gasteiger partial charge is 0.161 e. The van der Waals surface area contributed by atoms with Gasteiger partial charge < -0.3 is 5.32 Å². The molecule has 2 aromatic carbocycles. The van der Waals surface area contributed by atoms with E-state index in [-0.39, 0.29) is 4.20 Å². The second-order valence-corrected chi connectivity index (χ2v) is 11.3. The van der Waals surface area contributed by atoms with Gasteiger partial charge in [0.25, 0.3) is 0 Å². The minimum Gasteiger partial charge on any atom is -0.361 e. The molecule has 0 saturated heterocycles. The van der Waals surface area contributed by atoms with E-state index >= 15 is 0 Å². The molecule has 0 fully saturated rings. The first-order valence-corrected chi connectivity index (χ1v) is 11.1. The topological polar surface area (TPSA) is 24.9 Å². The van der Waals surface area contributed by atoms with E-state index in [0.717, 1.165) is 9.86 Å². The van der Waals surface area contributed by atoms with Crippen LogP contribution in [0, 0.1) is 13.8 Å². The van der Waals surface area contributed by atoms with E-state index in [1.807, 2.05) is 22.6 Å². The first-order valence-electron chi connectivity index (χ1n) is 7.31. The van der Waals surface area contributed by atoms with Crippen LogP contribution in [0.25, 0.3) is 10.2 Å². The molecule has 118 valence electrons. The van der Waals surface area contributed by atoms with Gasteiger partial charge in [-0.05, 0) is 77.8 Å². The number of thioether (sulfide) groups is 1. The molecular weight excluding hydrogens is 360 g/mol. The highest BCUT2D eigenvalue weighted by molar-refractivity contribution is 8.79. The molecule has 1 atom stereocenters. The number of thiazole rings is 1. The van der Waals surface area contributed by atoms with Crippen molar-refractivity contribution < 1.29 is 0 Å². The number of rotatable bonds is 3. The van der Waals surface area contributed by atoms with Crippen molar-refractivity contribution in [2.45, 2.75) is 34.2 Å². The minimum atomic E-state index is -0.0609. The van der Waals surface area contributed by atoms with Crippen LogP contribution in [0.4, 0.5) is 5.69 Å². The highest BCUT2D eigenvalue weighted by Gasteiger charge is 2.34. The Morgan fingerprint density at radius 1 is 1.09 bits per heavy atom. The number of hydrogen-bond donors (Lipinski definition) is 1. The Labute approximate surface area is 152 Å². The van der Waals surface area contributed by atoms with Crippen LogP contribution in [0.5, 0.6) is 0 Å². The van der Waals surface area contributed by atoms with E-state index in [4.69, 9.17) is 4.98 Å². The van der Waals surface area contributed by atoms with Gasteiger partial charge in [0.2, 0.25) is 0 Å². The lowest BCUT2D eigenvalue weighted by atomic mass is 10.2.